The van der Waals surface area contributed by atoms with Gasteiger partial charge in [0, 0.05) is 0 Å². The molecule has 0 aliphatic carbocycles. The van der Waals surface area contributed by atoms with Crippen molar-refractivity contribution in [1.82, 2.24) is 0 Å². The van der Waals surface area contributed by atoms with Crippen molar-refractivity contribution in [2.75, 3.05) is 0 Å². The van der Waals surface area contributed by atoms with Crippen molar-refractivity contribution in [3.05, 3.63) is 82.5 Å². The van der Waals surface area contributed by atoms with E-state index in [-0.39, 0.29) is 0 Å². The van der Waals surface area contributed by atoms with Gasteiger partial charge in [0.2, 0.25) is 0 Å². The zero-order valence-corrected chi connectivity index (χ0v) is 20.1. The van der Waals surface area contributed by atoms with Gasteiger partial charge in [0.1, 0.15) is 8.07 Å². The molecule has 26 heavy (non-hydrogen) atoms. The van der Waals surface area contributed by atoms with Crippen LogP contribution in [0.3, 0.4) is 0 Å². The summed E-state index contributed by atoms with van der Waals surface area (Å²) in [6, 6.07) is 24.0. The van der Waals surface area contributed by atoms with Crippen molar-refractivity contribution in [2.24, 2.45) is 0 Å². The van der Waals surface area contributed by atoms with Gasteiger partial charge in [-0.3, -0.25) is 0 Å². The molecular weight excluding hydrogens is 361 g/mol. The first-order valence-electron chi connectivity index (χ1n) is 9.79. The number of benzene rings is 2. The van der Waals surface area contributed by atoms with E-state index in [0.717, 1.165) is 0 Å². The lowest BCUT2D eigenvalue weighted by atomic mass is 10.4. The Kier molecular flexibility index (Phi) is 5.17. The summed E-state index contributed by atoms with van der Waals surface area (Å²) in [6.45, 7) is 15.3. The Morgan fingerprint density at radius 3 is 1.50 bits per heavy atom. The summed E-state index contributed by atoms with van der Waals surface area (Å²) in [5.74, 6) is 0. The highest BCUT2D eigenvalue weighted by molar-refractivity contribution is 7.24. The molecule has 0 radical (unpaired) electrons. The summed E-state index contributed by atoms with van der Waals surface area (Å²) in [5.41, 5.74) is 0. The summed E-state index contributed by atoms with van der Waals surface area (Å²) in [7, 11) is -4.87. The maximum absolute atomic E-state index is 2.65. The monoisotopic (exact) mass is 392 g/mol. The zero-order chi connectivity index (χ0) is 19.0. The van der Waals surface area contributed by atoms with Crippen LogP contribution >= 0.6 is 0 Å². The first kappa shape index (κ1) is 19.3. The Balaban J connectivity index is 2.22. The van der Waals surface area contributed by atoms with Crippen molar-refractivity contribution >= 4 is 34.6 Å². The third kappa shape index (κ3) is 3.06. The van der Waals surface area contributed by atoms with Gasteiger partial charge in [-0.05, 0) is 0 Å². The topological polar surface area (TPSA) is 0 Å². The SMILES string of the molecule is CC[Si]1(C)C([Si](C)(C)C)=CC=C1[Si](C)(c1ccccc1)c1ccccc1. The van der Waals surface area contributed by atoms with Gasteiger partial charge >= 0.3 is 0 Å². The number of hydrogen-bond acceptors (Lipinski definition) is 0. The van der Waals surface area contributed by atoms with Crippen LogP contribution in [0, 0.1) is 0 Å². The van der Waals surface area contributed by atoms with Crippen LogP contribution in [0.4, 0.5) is 0 Å². The van der Waals surface area contributed by atoms with E-state index in [2.05, 4.69) is 112 Å². The molecule has 0 fully saturated rings. The lowest BCUT2D eigenvalue weighted by Crippen LogP contribution is -2.64. The summed E-state index contributed by atoms with van der Waals surface area (Å²) in [6.07, 6.45) is 5.12. The van der Waals surface area contributed by atoms with Crippen molar-refractivity contribution in [3.63, 3.8) is 0 Å². The molecule has 3 heteroatoms. The van der Waals surface area contributed by atoms with E-state index < -0.39 is 24.2 Å². The van der Waals surface area contributed by atoms with E-state index in [1.165, 1.54) is 6.04 Å². The minimum Gasteiger partial charge on any atom is -0.0868 e. The van der Waals surface area contributed by atoms with E-state index in [0.29, 0.717) is 0 Å². The van der Waals surface area contributed by atoms with Crippen molar-refractivity contribution in [3.8, 4) is 0 Å². The molecule has 2 aromatic carbocycles. The smallest absolute Gasteiger partial charge is 0.0868 e. The standard InChI is InChI=1S/C23H32Si3/c1-7-25(5)22(24(2,3)4)18-19-23(25)26(6,20-14-10-8-11-15-20)21-16-12-9-13-17-21/h8-19H,7H2,1-6H3. The van der Waals surface area contributed by atoms with Crippen LogP contribution in [0.25, 0.3) is 0 Å². The molecule has 0 N–H and O–H groups in total. The molecule has 0 saturated heterocycles. The molecule has 1 aliphatic rings. The van der Waals surface area contributed by atoms with Gasteiger partial charge in [-0.25, -0.2) is 0 Å². The quantitative estimate of drug-likeness (QED) is 0.603. The first-order chi connectivity index (χ1) is 12.2. The third-order valence-electron chi connectivity index (χ3n) is 6.36. The largest absolute Gasteiger partial charge is 0.138 e. The van der Waals surface area contributed by atoms with Gasteiger partial charge in [-0.2, -0.15) is 0 Å². The Morgan fingerprint density at radius 1 is 0.692 bits per heavy atom. The maximum atomic E-state index is 2.65. The van der Waals surface area contributed by atoms with Crippen LogP contribution in [0.15, 0.2) is 82.5 Å². The summed E-state index contributed by atoms with van der Waals surface area (Å²) < 4.78 is 0. The van der Waals surface area contributed by atoms with Gasteiger partial charge in [0.05, 0.1) is 16.1 Å². The predicted molar refractivity (Wildman–Crippen MR) is 125 cm³/mol. The molecule has 0 spiro atoms. The second-order valence-electron chi connectivity index (χ2n) is 8.95. The van der Waals surface area contributed by atoms with Gasteiger partial charge in [0.15, 0.2) is 0 Å². The normalized spacial score (nSPS) is 20.7. The summed E-state index contributed by atoms with van der Waals surface area (Å²) in [4.78, 5) is 3.68. The molecule has 1 atom stereocenters. The van der Waals surface area contributed by atoms with Gasteiger partial charge in [-0.1, -0.05) is 139 Å². The van der Waals surface area contributed by atoms with Crippen LogP contribution in [0.2, 0.25) is 38.8 Å². The average molecular weight is 393 g/mol. The second kappa shape index (κ2) is 6.95. The van der Waals surface area contributed by atoms with Gasteiger partial charge < -0.3 is 0 Å². The molecule has 0 nitrogen and oxygen atoms in total. The van der Waals surface area contributed by atoms with Crippen molar-refractivity contribution < 1.29 is 0 Å². The molecule has 2 aromatic rings. The highest BCUT2D eigenvalue weighted by atomic mass is 28.4. The summed E-state index contributed by atoms with van der Waals surface area (Å²) >= 11 is 0. The number of allylic oxidation sites excluding steroid dienone is 2. The van der Waals surface area contributed by atoms with E-state index in [1.54, 1.807) is 10.4 Å². The fourth-order valence-corrected chi connectivity index (χ4v) is 24.7. The minimum atomic E-state index is -1.95. The molecule has 136 valence electrons. The van der Waals surface area contributed by atoms with Crippen molar-refractivity contribution in [2.45, 2.75) is 45.7 Å². The van der Waals surface area contributed by atoms with E-state index >= 15 is 0 Å². The first-order valence-corrected chi connectivity index (χ1v) is 18.5. The molecular formula is C23H32Si3. The van der Waals surface area contributed by atoms with E-state index in [1.807, 2.05) is 9.64 Å². The molecule has 0 saturated carbocycles. The Morgan fingerprint density at radius 2 is 1.12 bits per heavy atom. The number of hydrogen-bond donors (Lipinski definition) is 0. The fourth-order valence-electron chi connectivity index (χ4n) is 4.88. The average Bonchev–Trinajstić information content (AvgIpc) is 3.01. The van der Waals surface area contributed by atoms with Crippen molar-refractivity contribution in [1.29, 1.82) is 0 Å². The second-order valence-corrected chi connectivity index (χ2v) is 23.4. The molecule has 1 heterocycles. The van der Waals surface area contributed by atoms with Crippen LogP contribution in [0.1, 0.15) is 6.92 Å². The van der Waals surface area contributed by atoms with E-state index in [4.69, 9.17) is 0 Å². The third-order valence-corrected chi connectivity index (χ3v) is 23.6. The minimum absolute atomic E-state index is 1.31. The summed E-state index contributed by atoms with van der Waals surface area (Å²) in [5, 5.41) is 3.10. The lowest BCUT2D eigenvalue weighted by Gasteiger charge is -2.42. The molecule has 1 aliphatic heterocycles. The molecule has 0 aromatic heterocycles. The van der Waals surface area contributed by atoms with Gasteiger partial charge in [-0.15, -0.1) is 0 Å². The highest BCUT2D eigenvalue weighted by Gasteiger charge is 2.50. The van der Waals surface area contributed by atoms with Crippen LogP contribution < -0.4 is 10.4 Å². The lowest BCUT2D eigenvalue weighted by molar-refractivity contribution is 1.38. The number of rotatable bonds is 5. The maximum Gasteiger partial charge on any atom is 0.138 e. The van der Waals surface area contributed by atoms with Crippen LogP contribution in [-0.2, 0) is 0 Å². The zero-order valence-electron chi connectivity index (χ0n) is 17.1. The predicted octanol–water partition coefficient (Wildman–Crippen LogP) is 5.34. The Bertz CT molecular complexity index is 789. The molecule has 0 bridgehead atoms. The Labute approximate surface area is 162 Å². The Hall–Kier alpha value is -1.43. The van der Waals surface area contributed by atoms with Crippen LogP contribution in [-0.4, -0.2) is 24.2 Å². The van der Waals surface area contributed by atoms with Crippen LogP contribution in [0.5, 0.6) is 0 Å². The molecule has 1 unspecified atom stereocenters. The fraction of sp³-hybridized carbons (Fsp3) is 0.304. The van der Waals surface area contributed by atoms with Gasteiger partial charge in [0.25, 0.3) is 0 Å². The molecule has 0 amide bonds. The highest BCUT2D eigenvalue weighted by Crippen LogP contribution is 2.41. The van der Waals surface area contributed by atoms with E-state index in [9.17, 15) is 0 Å². The molecule has 3 rings (SSSR count).